The van der Waals surface area contributed by atoms with E-state index in [-0.39, 0.29) is 24.5 Å². The second-order valence-electron chi connectivity index (χ2n) is 14.5. The van der Waals surface area contributed by atoms with Gasteiger partial charge in [-0.3, -0.25) is 0 Å². The van der Waals surface area contributed by atoms with Crippen molar-refractivity contribution in [2.75, 3.05) is 39.4 Å². The Hall–Kier alpha value is -4.18. The largest absolute Gasteiger partial charge is 0.445 e. The summed E-state index contributed by atoms with van der Waals surface area (Å²) in [6.45, 7) is 11.7. The molecule has 2 unspecified atom stereocenters. The number of amides is 2. The molecule has 3 heterocycles. The lowest BCUT2D eigenvalue weighted by Crippen LogP contribution is -2.62. The Morgan fingerprint density at radius 2 is 1.75 bits per heavy atom. The molecule has 6 rings (SSSR count). The zero-order valence-electron chi connectivity index (χ0n) is 28.4. The van der Waals surface area contributed by atoms with E-state index in [1.807, 2.05) is 51.1 Å². The highest BCUT2D eigenvalue weighted by atomic mass is 16.6. The van der Waals surface area contributed by atoms with Crippen molar-refractivity contribution < 1.29 is 28.2 Å². The van der Waals surface area contributed by atoms with Gasteiger partial charge in [0.1, 0.15) is 12.2 Å². The molecule has 48 heavy (non-hydrogen) atoms. The molecule has 3 fully saturated rings. The third-order valence-corrected chi connectivity index (χ3v) is 9.73. The predicted octanol–water partition coefficient (Wildman–Crippen LogP) is 7.42. The third-order valence-electron chi connectivity index (χ3n) is 9.73. The van der Waals surface area contributed by atoms with Gasteiger partial charge < -0.3 is 28.4 Å². The highest BCUT2D eigenvalue weighted by molar-refractivity contribution is 5.71. The van der Waals surface area contributed by atoms with Gasteiger partial charge in [0.15, 0.2) is 0 Å². The van der Waals surface area contributed by atoms with E-state index in [0.717, 1.165) is 11.1 Å². The lowest BCUT2D eigenvalue weighted by Gasteiger charge is -2.49. The van der Waals surface area contributed by atoms with E-state index >= 15 is 0 Å². The summed E-state index contributed by atoms with van der Waals surface area (Å²) in [5.41, 5.74) is 2.45. The number of nitrogens with zero attached hydrogens (tertiary/aromatic N) is 4. The summed E-state index contributed by atoms with van der Waals surface area (Å²) in [6, 6.07) is 18.9. The van der Waals surface area contributed by atoms with E-state index < -0.39 is 17.1 Å². The first-order valence-corrected chi connectivity index (χ1v) is 17.2. The van der Waals surface area contributed by atoms with Crippen LogP contribution in [0.2, 0.25) is 0 Å². The second-order valence-corrected chi connectivity index (χ2v) is 14.5. The first-order valence-electron chi connectivity index (χ1n) is 17.2. The average Bonchev–Trinajstić information content (AvgIpc) is 3.71. The molecule has 2 aliphatic heterocycles. The van der Waals surface area contributed by atoms with E-state index in [9.17, 15) is 9.59 Å². The highest BCUT2D eigenvalue weighted by Gasteiger charge is 2.59. The van der Waals surface area contributed by atoms with E-state index in [1.165, 1.54) is 37.7 Å². The van der Waals surface area contributed by atoms with Crippen molar-refractivity contribution in [1.29, 1.82) is 0 Å². The van der Waals surface area contributed by atoms with Crippen LogP contribution in [0.4, 0.5) is 9.59 Å². The monoisotopic (exact) mass is 656 g/mol. The molecule has 1 saturated carbocycles. The number of aromatic nitrogens is 2. The van der Waals surface area contributed by atoms with Gasteiger partial charge in [0.25, 0.3) is 0 Å². The van der Waals surface area contributed by atoms with Gasteiger partial charge in [0, 0.05) is 31.6 Å². The van der Waals surface area contributed by atoms with E-state index in [0.29, 0.717) is 57.1 Å². The fourth-order valence-corrected chi connectivity index (χ4v) is 7.33. The SMILES string of the molecule is C=CCOC(=O)N1CC(c2nnc(C(COCc3ccccc3)c3cccc(C4CCCCC4)c3)o2)C2(C1)CN(C(=O)OC(C)(C)C)C2. The van der Waals surface area contributed by atoms with Gasteiger partial charge in [-0.25, -0.2) is 9.59 Å². The van der Waals surface area contributed by atoms with Crippen LogP contribution in [0.3, 0.4) is 0 Å². The number of benzene rings is 2. The Bertz CT molecular complexity index is 1550. The van der Waals surface area contributed by atoms with Gasteiger partial charge in [0.2, 0.25) is 11.8 Å². The maximum atomic E-state index is 13.0. The minimum atomic E-state index is -0.608. The van der Waals surface area contributed by atoms with Crippen LogP contribution >= 0.6 is 0 Å². The molecule has 10 nitrogen and oxygen atoms in total. The smallest absolute Gasteiger partial charge is 0.410 e. The topological polar surface area (TPSA) is 107 Å². The predicted molar refractivity (Wildman–Crippen MR) is 181 cm³/mol. The number of likely N-dealkylation sites (tertiary alicyclic amines) is 2. The normalized spacial score (nSPS) is 19.9. The molecular formula is C38H48N4O6. The van der Waals surface area contributed by atoms with Gasteiger partial charge >= 0.3 is 12.2 Å². The standard InChI is InChI=1S/C38H48N4O6/c1-5-19-46-35(43)41-21-32(38(24-41)25-42(26-38)36(44)48-37(2,3)4)34-40-39-33(47-34)31(23-45-22-27-13-8-6-9-14-27)30-18-12-17-29(20-30)28-15-10-7-11-16-28/h5-6,8-9,12-14,17-18,20,28,31-32H,1,7,10-11,15-16,19,21-26H2,2-4H3. The van der Waals surface area contributed by atoms with Crippen molar-refractivity contribution in [3.63, 3.8) is 0 Å². The van der Waals surface area contributed by atoms with Crippen molar-refractivity contribution in [3.05, 3.63) is 95.7 Å². The Balaban J connectivity index is 1.26. The van der Waals surface area contributed by atoms with E-state index in [1.54, 1.807) is 15.9 Å². The molecule has 2 aromatic carbocycles. The first kappa shape index (κ1) is 33.7. The van der Waals surface area contributed by atoms with Gasteiger partial charge in [0.05, 0.1) is 25.0 Å². The number of ether oxygens (including phenoxy) is 3. The van der Waals surface area contributed by atoms with E-state index in [2.05, 4.69) is 41.0 Å². The van der Waals surface area contributed by atoms with E-state index in [4.69, 9.17) is 18.6 Å². The number of carbonyl (C=O) groups is 2. The summed E-state index contributed by atoms with van der Waals surface area (Å²) >= 11 is 0. The Labute approximate surface area is 283 Å². The van der Waals surface area contributed by atoms with Crippen LogP contribution in [0.25, 0.3) is 0 Å². The Kier molecular flexibility index (Phi) is 10.2. The number of hydrogen-bond donors (Lipinski definition) is 0. The summed E-state index contributed by atoms with van der Waals surface area (Å²) in [5.74, 6) is 0.922. The van der Waals surface area contributed by atoms with Crippen LogP contribution in [-0.2, 0) is 20.8 Å². The molecule has 256 valence electrons. The summed E-state index contributed by atoms with van der Waals surface area (Å²) < 4.78 is 23.9. The van der Waals surface area contributed by atoms with Crippen LogP contribution in [0, 0.1) is 5.41 Å². The van der Waals surface area contributed by atoms with Gasteiger partial charge in [-0.2, -0.15) is 0 Å². The van der Waals surface area contributed by atoms with Gasteiger partial charge in [-0.15, -0.1) is 10.2 Å². The fraction of sp³-hybridized carbons (Fsp3) is 0.526. The molecule has 2 saturated heterocycles. The zero-order chi connectivity index (χ0) is 33.7. The zero-order valence-corrected chi connectivity index (χ0v) is 28.4. The number of carbonyl (C=O) groups excluding carboxylic acids is 2. The molecule has 0 N–H and O–H groups in total. The maximum absolute atomic E-state index is 13.0. The van der Waals surface area contributed by atoms with Crippen LogP contribution < -0.4 is 0 Å². The lowest BCUT2D eigenvalue weighted by molar-refractivity contribution is -0.0378. The van der Waals surface area contributed by atoms with Crippen LogP contribution in [0.5, 0.6) is 0 Å². The van der Waals surface area contributed by atoms with Gasteiger partial charge in [-0.1, -0.05) is 86.5 Å². The molecule has 2 atom stereocenters. The molecule has 2 amide bonds. The maximum Gasteiger partial charge on any atom is 0.410 e. The molecule has 1 spiro atoms. The van der Waals surface area contributed by atoms with Crippen molar-refractivity contribution in [2.24, 2.45) is 5.41 Å². The van der Waals surface area contributed by atoms with Gasteiger partial charge in [-0.05, 0) is 56.2 Å². The summed E-state index contributed by atoms with van der Waals surface area (Å²) in [6.07, 6.45) is 6.98. The lowest BCUT2D eigenvalue weighted by atomic mass is 9.71. The molecular weight excluding hydrogens is 608 g/mol. The second kappa shape index (κ2) is 14.5. The Morgan fingerprint density at radius 3 is 2.48 bits per heavy atom. The van der Waals surface area contributed by atoms with Crippen molar-refractivity contribution in [1.82, 2.24) is 20.0 Å². The minimum absolute atomic E-state index is 0.117. The molecule has 3 aliphatic rings. The molecule has 3 aromatic rings. The quantitative estimate of drug-likeness (QED) is 0.208. The molecule has 0 radical (unpaired) electrons. The third kappa shape index (κ3) is 7.75. The minimum Gasteiger partial charge on any atom is -0.445 e. The average molecular weight is 657 g/mol. The molecule has 0 bridgehead atoms. The summed E-state index contributed by atoms with van der Waals surface area (Å²) in [5, 5.41) is 9.19. The number of rotatable bonds is 10. The molecule has 10 heteroatoms. The summed E-state index contributed by atoms with van der Waals surface area (Å²) in [7, 11) is 0. The van der Waals surface area contributed by atoms with Crippen LogP contribution in [0.1, 0.15) is 99.1 Å². The van der Waals surface area contributed by atoms with Crippen LogP contribution in [0.15, 0.2) is 71.7 Å². The Morgan fingerprint density at radius 1 is 1.00 bits per heavy atom. The van der Waals surface area contributed by atoms with Crippen molar-refractivity contribution >= 4 is 12.2 Å². The molecule has 1 aromatic heterocycles. The molecule has 1 aliphatic carbocycles. The number of hydrogen-bond acceptors (Lipinski definition) is 8. The fourth-order valence-electron chi connectivity index (χ4n) is 7.33. The van der Waals surface area contributed by atoms with Crippen LogP contribution in [-0.4, -0.2) is 77.2 Å². The summed E-state index contributed by atoms with van der Waals surface area (Å²) in [4.78, 5) is 29.2. The highest BCUT2D eigenvalue weighted by Crippen LogP contribution is 2.49. The van der Waals surface area contributed by atoms with Crippen molar-refractivity contribution in [3.8, 4) is 0 Å². The first-order chi connectivity index (χ1) is 23.1. The van der Waals surface area contributed by atoms with Crippen molar-refractivity contribution in [2.45, 2.75) is 82.8 Å².